The highest BCUT2D eigenvalue weighted by molar-refractivity contribution is 7.92. The van der Waals surface area contributed by atoms with Crippen molar-refractivity contribution >= 4 is 50.2 Å². The number of carbonyl (C=O) groups is 2. The van der Waals surface area contributed by atoms with E-state index in [-0.39, 0.29) is 29.1 Å². The molecule has 0 aliphatic carbocycles. The lowest BCUT2D eigenvalue weighted by Crippen LogP contribution is -2.36. The zero-order valence-corrected chi connectivity index (χ0v) is 24.9. The molecule has 43 heavy (non-hydrogen) atoms. The van der Waals surface area contributed by atoms with Gasteiger partial charge in [-0.1, -0.05) is 6.07 Å². The van der Waals surface area contributed by atoms with Gasteiger partial charge in [0, 0.05) is 29.9 Å². The average Bonchev–Trinajstić information content (AvgIpc) is 3.30. The predicted octanol–water partition coefficient (Wildman–Crippen LogP) is 3.64. The Balaban J connectivity index is 1.60. The Morgan fingerprint density at radius 3 is 2.40 bits per heavy atom. The van der Waals surface area contributed by atoms with Crippen LogP contribution >= 0.6 is 0 Å². The molecular formula is C30H31FN4O7S. The van der Waals surface area contributed by atoms with Crippen LogP contribution in [0.15, 0.2) is 54.6 Å². The van der Waals surface area contributed by atoms with Crippen LogP contribution in [0.5, 0.6) is 11.5 Å². The van der Waals surface area contributed by atoms with E-state index in [0.29, 0.717) is 53.8 Å². The van der Waals surface area contributed by atoms with E-state index in [1.54, 1.807) is 55.4 Å². The zero-order valence-electron chi connectivity index (χ0n) is 24.1. The molecule has 0 spiro atoms. The Morgan fingerprint density at radius 1 is 1.00 bits per heavy atom. The van der Waals surface area contributed by atoms with E-state index in [1.807, 2.05) is 0 Å². The zero-order chi connectivity index (χ0) is 30.9. The minimum atomic E-state index is -3.76. The summed E-state index contributed by atoms with van der Waals surface area (Å²) in [6.07, 6.45) is 1.03. The Hall–Kier alpha value is -4.62. The van der Waals surface area contributed by atoms with Gasteiger partial charge in [0.25, 0.3) is 5.91 Å². The molecule has 0 atom stereocenters. The van der Waals surface area contributed by atoms with Gasteiger partial charge >= 0.3 is 5.97 Å². The monoisotopic (exact) mass is 610 g/mol. The molecule has 1 amide bonds. The number of carbonyl (C=O) groups excluding carboxylic acids is 2. The Labute approximate surface area is 248 Å². The van der Waals surface area contributed by atoms with Gasteiger partial charge in [-0.15, -0.1) is 0 Å². The lowest BCUT2D eigenvalue weighted by Gasteiger charge is -2.25. The minimum absolute atomic E-state index is 0.0620. The lowest BCUT2D eigenvalue weighted by molar-refractivity contribution is -0.110. The summed E-state index contributed by atoms with van der Waals surface area (Å²) in [6, 6.07) is 14.0. The van der Waals surface area contributed by atoms with Crippen molar-refractivity contribution in [3.8, 4) is 11.5 Å². The number of rotatable bonds is 9. The number of halogens is 1. The molecule has 0 aromatic heterocycles. The van der Waals surface area contributed by atoms with Crippen LogP contribution in [0.2, 0.25) is 0 Å². The fraction of sp³-hybridized carbons (Fsp3) is 0.267. The highest BCUT2D eigenvalue weighted by Crippen LogP contribution is 2.41. The van der Waals surface area contributed by atoms with E-state index in [4.69, 9.17) is 14.2 Å². The van der Waals surface area contributed by atoms with Crippen LogP contribution in [0.4, 0.5) is 21.5 Å². The van der Waals surface area contributed by atoms with Crippen LogP contribution in [0.25, 0.3) is 11.3 Å². The maximum atomic E-state index is 15.5. The third-order valence-electron chi connectivity index (χ3n) is 6.90. The summed E-state index contributed by atoms with van der Waals surface area (Å²) in [4.78, 5) is 27.3. The molecule has 0 bridgehead atoms. The molecule has 226 valence electrons. The van der Waals surface area contributed by atoms with Crippen molar-refractivity contribution in [3.63, 3.8) is 0 Å². The molecule has 2 heterocycles. The van der Waals surface area contributed by atoms with Gasteiger partial charge < -0.3 is 29.7 Å². The highest BCUT2D eigenvalue weighted by atomic mass is 32.2. The SMILES string of the molecule is COC(=O)c1ccc2c(c1)NC(=O)/C2=C(\Nc1ccc(N(CCN(C)C)S(C)(=O)=O)c(F)c1)c1ccc2c(c1)OCCO2. The Morgan fingerprint density at radius 2 is 1.72 bits per heavy atom. The molecular weight excluding hydrogens is 579 g/mol. The molecule has 13 heteroatoms. The average molecular weight is 611 g/mol. The number of hydrogen-bond acceptors (Lipinski definition) is 9. The van der Waals surface area contributed by atoms with Crippen LogP contribution in [0, 0.1) is 5.82 Å². The molecule has 0 saturated heterocycles. The molecule has 11 nitrogen and oxygen atoms in total. The van der Waals surface area contributed by atoms with Crippen LogP contribution < -0.4 is 24.4 Å². The molecule has 2 aliphatic heterocycles. The van der Waals surface area contributed by atoms with E-state index in [2.05, 4.69) is 10.6 Å². The van der Waals surface area contributed by atoms with Crippen molar-refractivity contribution < 1.29 is 36.6 Å². The maximum Gasteiger partial charge on any atom is 0.337 e. The Bertz CT molecular complexity index is 1740. The third kappa shape index (κ3) is 6.27. The third-order valence-corrected chi connectivity index (χ3v) is 8.08. The maximum absolute atomic E-state index is 15.5. The van der Waals surface area contributed by atoms with E-state index < -0.39 is 27.7 Å². The summed E-state index contributed by atoms with van der Waals surface area (Å²) in [5.41, 5.74) is 2.49. The number of amides is 1. The van der Waals surface area contributed by atoms with Crippen LogP contribution in [-0.2, 0) is 19.6 Å². The topological polar surface area (TPSA) is 127 Å². The number of fused-ring (bicyclic) bond motifs is 2. The largest absolute Gasteiger partial charge is 0.486 e. The van der Waals surface area contributed by atoms with Crippen molar-refractivity contribution in [3.05, 3.63) is 77.1 Å². The summed E-state index contributed by atoms with van der Waals surface area (Å²) < 4.78 is 57.8. The number of sulfonamides is 1. The number of likely N-dealkylation sites (N-methyl/N-ethyl adjacent to an activating group) is 1. The molecule has 0 radical (unpaired) electrons. The number of benzene rings is 3. The first-order valence-electron chi connectivity index (χ1n) is 13.3. The van der Waals surface area contributed by atoms with E-state index in [1.165, 1.54) is 25.3 Å². The smallest absolute Gasteiger partial charge is 0.337 e. The standard InChI is InChI=1S/C30H31FN4O7S/c1-34(2)11-12-35(43(4,38)39)24-9-7-20(17-22(24)31)32-28(18-6-10-25-26(16-18)42-14-13-41-25)27-21-8-5-19(30(37)40-3)15-23(21)33-29(27)36/h5-10,15-17,32H,11-14H2,1-4H3,(H,33,36)/b28-27-. The number of nitrogens with one attached hydrogen (secondary N) is 2. The summed E-state index contributed by atoms with van der Waals surface area (Å²) in [6.45, 7) is 1.21. The van der Waals surface area contributed by atoms with Crippen LogP contribution in [-0.4, -0.2) is 79.0 Å². The van der Waals surface area contributed by atoms with Crippen molar-refractivity contribution in [2.45, 2.75) is 0 Å². The highest BCUT2D eigenvalue weighted by Gasteiger charge is 2.30. The lowest BCUT2D eigenvalue weighted by atomic mass is 9.98. The molecule has 2 aliphatic rings. The molecule has 5 rings (SSSR count). The second-order valence-electron chi connectivity index (χ2n) is 10.2. The fourth-order valence-electron chi connectivity index (χ4n) is 4.83. The summed E-state index contributed by atoms with van der Waals surface area (Å²) in [5, 5.41) is 5.96. The number of nitrogens with zero attached hydrogens (tertiary/aromatic N) is 2. The van der Waals surface area contributed by atoms with Gasteiger partial charge in [0.05, 0.1) is 41.6 Å². The number of esters is 1. The van der Waals surface area contributed by atoms with Crippen LogP contribution in [0.3, 0.4) is 0 Å². The molecule has 0 unspecified atom stereocenters. The van der Waals surface area contributed by atoms with Gasteiger partial charge in [0.15, 0.2) is 11.5 Å². The molecule has 0 fully saturated rings. The first-order valence-corrected chi connectivity index (χ1v) is 15.2. The van der Waals surface area contributed by atoms with E-state index in [0.717, 1.165) is 10.6 Å². The number of hydrogen-bond donors (Lipinski definition) is 2. The van der Waals surface area contributed by atoms with Gasteiger partial charge in [-0.2, -0.15) is 0 Å². The summed E-state index contributed by atoms with van der Waals surface area (Å²) in [5.74, 6) is -0.732. The van der Waals surface area contributed by atoms with Gasteiger partial charge in [-0.25, -0.2) is 17.6 Å². The summed E-state index contributed by atoms with van der Waals surface area (Å²) >= 11 is 0. The van der Waals surface area contributed by atoms with Crippen LogP contribution in [0.1, 0.15) is 21.5 Å². The Kier molecular flexibility index (Phi) is 8.29. The van der Waals surface area contributed by atoms with Gasteiger partial charge in [0.1, 0.15) is 19.0 Å². The first-order chi connectivity index (χ1) is 20.5. The molecule has 3 aromatic carbocycles. The van der Waals surface area contributed by atoms with E-state index in [9.17, 15) is 18.0 Å². The molecule has 0 saturated carbocycles. The number of anilines is 3. The van der Waals surface area contributed by atoms with E-state index >= 15 is 4.39 Å². The molecule has 2 N–H and O–H groups in total. The normalized spacial score (nSPS) is 15.1. The first kappa shape index (κ1) is 29.9. The second-order valence-corrected chi connectivity index (χ2v) is 12.2. The van der Waals surface area contributed by atoms with Crippen molar-refractivity contribution in [1.29, 1.82) is 0 Å². The van der Waals surface area contributed by atoms with Crippen molar-refractivity contribution in [2.75, 3.05) is 68.7 Å². The summed E-state index contributed by atoms with van der Waals surface area (Å²) in [7, 11) is 1.10. The number of methoxy groups -OCH3 is 1. The van der Waals surface area contributed by atoms with Gasteiger partial charge in [-0.3, -0.25) is 9.10 Å². The van der Waals surface area contributed by atoms with Gasteiger partial charge in [-0.05, 0) is 62.6 Å². The van der Waals surface area contributed by atoms with Crippen molar-refractivity contribution in [2.24, 2.45) is 0 Å². The fourth-order valence-corrected chi connectivity index (χ4v) is 5.75. The number of ether oxygens (including phenoxy) is 3. The second kappa shape index (κ2) is 11.9. The minimum Gasteiger partial charge on any atom is -0.486 e. The molecule has 3 aromatic rings. The quantitative estimate of drug-likeness (QED) is 0.276. The van der Waals surface area contributed by atoms with Gasteiger partial charge in [0.2, 0.25) is 10.0 Å². The predicted molar refractivity (Wildman–Crippen MR) is 161 cm³/mol. The van der Waals surface area contributed by atoms with Crippen molar-refractivity contribution in [1.82, 2.24) is 4.90 Å².